The summed E-state index contributed by atoms with van der Waals surface area (Å²) in [6, 6.07) is 16.7. The van der Waals surface area contributed by atoms with E-state index >= 15 is 0 Å². The average Bonchev–Trinajstić information content (AvgIpc) is 3.20. The molecule has 3 aliphatic heterocycles. The molecule has 188 valence electrons. The summed E-state index contributed by atoms with van der Waals surface area (Å²) in [6.45, 7) is 2.90. The SMILES string of the molecule is CN1C(=O)N[C@H](c2ccccc2Cl)C2=C1CN(CC(=O)NC1CCN(Cc3ccccc3)CC1)C2=O. The van der Waals surface area contributed by atoms with Crippen molar-refractivity contribution in [1.82, 2.24) is 25.3 Å². The number of likely N-dealkylation sites (N-methyl/N-ethyl adjacent to an activating group) is 1. The van der Waals surface area contributed by atoms with Crippen LogP contribution < -0.4 is 10.6 Å². The molecule has 0 unspecified atom stereocenters. The lowest BCUT2D eigenvalue weighted by Crippen LogP contribution is -2.47. The van der Waals surface area contributed by atoms with Crippen LogP contribution in [0, 0.1) is 0 Å². The molecule has 1 saturated heterocycles. The van der Waals surface area contributed by atoms with Gasteiger partial charge in [-0.1, -0.05) is 60.1 Å². The predicted molar refractivity (Wildman–Crippen MR) is 137 cm³/mol. The Morgan fingerprint density at radius 2 is 1.75 bits per heavy atom. The second kappa shape index (κ2) is 10.3. The number of rotatable bonds is 6. The number of benzene rings is 2. The van der Waals surface area contributed by atoms with Crippen molar-refractivity contribution < 1.29 is 14.4 Å². The highest BCUT2D eigenvalue weighted by atomic mass is 35.5. The van der Waals surface area contributed by atoms with Gasteiger partial charge in [-0.2, -0.15) is 0 Å². The quantitative estimate of drug-likeness (QED) is 0.629. The van der Waals surface area contributed by atoms with Gasteiger partial charge in [0.2, 0.25) is 5.91 Å². The first-order valence-corrected chi connectivity index (χ1v) is 12.6. The van der Waals surface area contributed by atoms with E-state index in [4.69, 9.17) is 11.6 Å². The van der Waals surface area contributed by atoms with E-state index in [-0.39, 0.29) is 37.0 Å². The monoisotopic (exact) mass is 507 g/mol. The molecule has 4 amide bonds. The van der Waals surface area contributed by atoms with Crippen LogP contribution in [-0.2, 0) is 16.1 Å². The fourth-order valence-electron chi connectivity index (χ4n) is 5.22. The minimum absolute atomic E-state index is 0.0483. The maximum absolute atomic E-state index is 13.4. The van der Waals surface area contributed by atoms with Crippen LogP contribution in [0.3, 0.4) is 0 Å². The van der Waals surface area contributed by atoms with Crippen LogP contribution >= 0.6 is 11.6 Å². The van der Waals surface area contributed by atoms with Gasteiger partial charge in [-0.15, -0.1) is 0 Å². The van der Waals surface area contributed by atoms with Crippen molar-refractivity contribution in [1.29, 1.82) is 0 Å². The molecule has 0 radical (unpaired) electrons. The van der Waals surface area contributed by atoms with E-state index in [2.05, 4.69) is 39.8 Å². The summed E-state index contributed by atoms with van der Waals surface area (Å²) >= 11 is 6.38. The number of hydrogen-bond donors (Lipinski definition) is 2. The summed E-state index contributed by atoms with van der Waals surface area (Å²) in [5, 5.41) is 6.46. The molecule has 1 atom stereocenters. The van der Waals surface area contributed by atoms with E-state index < -0.39 is 6.04 Å². The number of likely N-dealkylation sites (tertiary alicyclic amines) is 1. The fraction of sp³-hybridized carbons (Fsp3) is 0.370. The van der Waals surface area contributed by atoms with Crippen molar-refractivity contribution in [3.05, 3.63) is 82.0 Å². The standard InChI is InChI=1S/C27H30ClN5O3/c1-31-22-16-33(26(35)24(22)25(30-27(31)36)20-9-5-6-10-21(20)28)17-23(34)29-19-11-13-32(14-12-19)15-18-7-3-2-4-8-18/h2-10,19,25H,11-17H2,1H3,(H,29,34)(H,30,36)/t25-/m1/s1. The largest absolute Gasteiger partial charge is 0.352 e. The maximum atomic E-state index is 13.4. The summed E-state index contributed by atoms with van der Waals surface area (Å²) in [5.74, 6) is -0.435. The highest BCUT2D eigenvalue weighted by molar-refractivity contribution is 6.31. The molecule has 2 aromatic rings. The first kappa shape index (κ1) is 24.3. The first-order chi connectivity index (χ1) is 17.4. The molecule has 9 heteroatoms. The van der Waals surface area contributed by atoms with Gasteiger partial charge in [-0.25, -0.2) is 4.79 Å². The number of nitrogens with one attached hydrogen (secondary N) is 2. The zero-order chi connectivity index (χ0) is 25.2. The maximum Gasteiger partial charge on any atom is 0.322 e. The van der Waals surface area contributed by atoms with E-state index in [1.54, 1.807) is 25.2 Å². The number of urea groups is 1. The Morgan fingerprint density at radius 1 is 1.06 bits per heavy atom. The highest BCUT2D eigenvalue weighted by Gasteiger charge is 2.43. The van der Waals surface area contributed by atoms with Crippen LogP contribution in [0.4, 0.5) is 4.79 Å². The van der Waals surface area contributed by atoms with Crippen LogP contribution in [0.1, 0.15) is 30.0 Å². The molecule has 0 aromatic heterocycles. The molecule has 1 fully saturated rings. The molecule has 0 bridgehead atoms. The Morgan fingerprint density at radius 3 is 2.47 bits per heavy atom. The number of carbonyl (C=O) groups excluding carboxylic acids is 3. The number of hydrogen-bond acceptors (Lipinski definition) is 4. The Bertz CT molecular complexity index is 1190. The second-order valence-corrected chi connectivity index (χ2v) is 10.00. The molecular formula is C27H30ClN5O3. The highest BCUT2D eigenvalue weighted by Crippen LogP contribution is 2.37. The Kier molecular flexibility index (Phi) is 6.98. The van der Waals surface area contributed by atoms with Crippen molar-refractivity contribution in [2.75, 3.05) is 33.2 Å². The summed E-state index contributed by atoms with van der Waals surface area (Å²) < 4.78 is 0. The fourth-order valence-corrected chi connectivity index (χ4v) is 5.46. The van der Waals surface area contributed by atoms with Gasteiger partial charge < -0.3 is 15.5 Å². The third-order valence-corrected chi connectivity index (χ3v) is 7.53. The lowest BCUT2D eigenvalue weighted by atomic mass is 9.96. The van der Waals surface area contributed by atoms with E-state index in [1.165, 1.54) is 15.4 Å². The average molecular weight is 508 g/mol. The third-order valence-electron chi connectivity index (χ3n) is 7.19. The molecule has 36 heavy (non-hydrogen) atoms. The Hall–Kier alpha value is -3.36. The number of carbonyl (C=O) groups is 3. The number of piperidine rings is 1. The van der Waals surface area contributed by atoms with Crippen molar-refractivity contribution in [2.45, 2.75) is 31.5 Å². The van der Waals surface area contributed by atoms with Crippen molar-refractivity contribution in [2.24, 2.45) is 0 Å². The van der Waals surface area contributed by atoms with Crippen LogP contribution in [-0.4, -0.2) is 71.8 Å². The van der Waals surface area contributed by atoms with Crippen LogP contribution in [0.15, 0.2) is 65.9 Å². The number of halogens is 1. The smallest absolute Gasteiger partial charge is 0.322 e. The molecule has 0 aliphatic carbocycles. The van der Waals surface area contributed by atoms with Crippen molar-refractivity contribution in [3.8, 4) is 0 Å². The van der Waals surface area contributed by atoms with E-state index in [1.807, 2.05) is 12.1 Å². The molecule has 3 heterocycles. The van der Waals surface area contributed by atoms with Crippen LogP contribution in [0.2, 0.25) is 5.02 Å². The van der Waals surface area contributed by atoms with Gasteiger partial charge in [0.15, 0.2) is 0 Å². The number of nitrogens with zero attached hydrogens (tertiary/aromatic N) is 3. The van der Waals surface area contributed by atoms with Crippen LogP contribution in [0.5, 0.6) is 0 Å². The lowest BCUT2D eigenvalue weighted by molar-refractivity contribution is -0.132. The van der Waals surface area contributed by atoms with Crippen molar-refractivity contribution in [3.63, 3.8) is 0 Å². The van der Waals surface area contributed by atoms with E-state index in [0.717, 1.165) is 32.5 Å². The van der Waals surface area contributed by atoms with Crippen molar-refractivity contribution >= 4 is 29.4 Å². The van der Waals surface area contributed by atoms with Gasteiger partial charge in [-0.05, 0) is 30.0 Å². The minimum Gasteiger partial charge on any atom is -0.352 e. The Labute approximate surface area is 215 Å². The summed E-state index contributed by atoms with van der Waals surface area (Å²) in [4.78, 5) is 44.2. The summed E-state index contributed by atoms with van der Waals surface area (Å²) in [6.07, 6.45) is 1.74. The molecule has 5 rings (SSSR count). The molecule has 0 spiro atoms. The number of amides is 4. The normalized spacial score (nSPS) is 21.0. The van der Waals surface area contributed by atoms with Gasteiger partial charge >= 0.3 is 6.03 Å². The zero-order valence-electron chi connectivity index (χ0n) is 20.2. The van der Waals surface area contributed by atoms with Gasteiger partial charge in [-0.3, -0.25) is 19.4 Å². The zero-order valence-corrected chi connectivity index (χ0v) is 21.0. The van der Waals surface area contributed by atoms with E-state index in [9.17, 15) is 14.4 Å². The summed E-state index contributed by atoms with van der Waals surface area (Å²) in [5.41, 5.74) is 3.02. The molecule has 2 aromatic carbocycles. The van der Waals surface area contributed by atoms with Gasteiger partial charge in [0, 0.05) is 37.7 Å². The van der Waals surface area contributed by atoms with Gasteiger partial charge in [0.1, 0.15) is 6.54 Å². The van der Waals surface area contributed by atoms with Gasteiger partial charge in [0.25, 0.3) is 5.91 Å². The first-order valence-electron chi connectivity index (χ1n) is 12.3. The minimum atomic E-state index is -0.646. The van der Waals surface area contributed by atoms with E-state index in [0.29, 0.717) is 21.9 Å². The molecular weight excluding hydrogens is 478 g/mol. The van der Waals surface area contributed by atoms with Crippen LogP contribution in [0.25, 0.3) is 0 Å². The van der Waals surface area contributed by atoms with Gasteiger partial charge in [0.05, 0.1) is 23.9 Å². The lowest BCUT2D eigenvalue weighted by Gasteiger charge is -2.32. The predicted octanol–water partition coefficient (Wildman–Crippen LogP) is 2.91. The topological polar surface area (TPSA) is 85.0 Å². The molecule has 8 nitrogen and oxygen atoms in total. The molecule has 3 aliphatic rings. The molecule has 0 saturated carbocycles. The molecule has 2 N–H and O–H groups in total. The third kappa shape index (κ3) is 4.96. The second-order valence-electron chi connectivity index (χ2n) is 9.59. The Balaban J connectivity index is 1.19. The summed E-state index contributed by atoms with van der Waals surface area (Å²) in [7, 11) is 1.63.